The highest BCUT2D eigenvalue weighted by Gasteiger charge is 2.26. The maximum atomic E-state index is 13.0. The first-order valence-electron chi connectivity index (χ1n) is 8.54. The van der Waals surface area contributed by atoms with Gasteiger partial charge in [0.25, 0.3) is 11.8 Å². The van der Waals surface area contributed by atoms with E-state index in [0.717, 1.165) is 17.8 Å². The number of halogens is 1. The second-order valence-electron chi connectivity index (χ2n) is 5.70. The van der Waals surface area contributed by atoms with Gasteiger partial charge in [-0.1, -0.05) is 6.92 Å². The Morgan fingerprint density at radius 3 is 2.37 bits per heavy atom. The summed E-state index contributed by atoms with van der Waals surface area (Å²) in [7, 11) is 0. The van der Waals surface area contributed by atoms with E-state index < -0.39 is 17.7 Å². The maximum absolute atomic E-state index is 13.0. The molecule has 144 valence electrons. The van der Waals surface area contributed by atoms with Crippen LogP contribution in [-0.4, -0.2) is 30.9 Å². The predicted molar refractivity (Wildman–Crippen MR) is 102 cm³/mol. The lowest BCUT2D eigenvalue weighted by atomic mass is 10.1. The summed E-state index contributed by atoms with van der Waals surface area (Å²) < 4.78 is 18.1. The topological polar surface area (TPSA) is 84.5 Å². The molecule has 0 spiro atoms. The van der Waals surface area contributed by atoms with Crippen LogP contribution in [-0.2, 0) is 4.74 Å². The van der Waals surface area contributed by atoms with Crippen molar-refractivity contribution in [1.82, 2.24) is 5.32 Å². The van der Waals surface area contributed by atoms with Crippen molar-refractivity contribution in [3.05, 3.63) is 51.7 Å². The zero-order valence-corrected chi connectivity index (χ0v) is 16.2. The van der Waals surface area contributed by atoms with Crippen LogP contribution in [0.4, 0.5) is 9.39 Å². The second-order valence-corrected chi connectivity index (χ2v) is 6.72. The summed E-state index contributed by atoms with van der Waals surface area (Å²) in [5.41, 5.74) is 0.828. The fourth-order valence-corrected chi connectivity index (χ4v) is 3.47. The molecule has 0 atom stereocenters. The Morgan fingerprint density at radius 1 is 1.11 bits per heavy atom. The minimum atomic E-state index is -0.616. The van der Waals surface area contributed by atoms with Gasteiger partial charge in [-0.2, -0.15) is 0 Å². The van der Waals surface area contributed by atoms with Gasteiger partial charge in [-0.15, -0.1) is 11.3 Å². The van der Waals surface area contributed by atoms with Crippen LogP contribution < -0.4 is 10.6 Å². The fourth-order valence-electron chi connectivity index (χ4n) is 2.36. The third-order valence-electron chi connectivity index (χ3n) is 3.70. The molecular weight excluding hydrogens is 371 g/mol. The molecular formula is C19H21FN2O4S. The molecule has 1 heterocycles. The number of thiophene rings is 1. The number of hydrogen-bond donors (Lipinski definition) is 2. The Kier molecular flexibility index (Phi) is 7.06. The van der Waals surface area contributed by atoms with E-state index in [4.69, 9.17) is 4.74 Å². The molecule has 0 saturated heterocycles. The van der Waals surface area contributed by atoms with E-state index in [1.807, 2.05) is 6.92 Å². The molecule has 0 bridgehead atoms. The molecule has 2 amide bonds. The number of nitrogens with one attached hydrogen (secondary N) is 2. The number of amides is 2. The Labute approximate surface area is 160 Å². The Bertz CT molecular complexity index is 846. The quantitative estimate of drug-likeness (QED) is 0.703. The number of ether oxygens (including phenoxy) is 1. The molecule has 2 aromatic rings. The van der Waals surface area contributed by atoms with Crippen molar-refractivity contribution in [2.75, 3.05) is 18.5 Å². The van der Waals surface area contributed by atoms with Gasteiger partial charge in [-0.3, -0.25) is 9.59 Å². The molecule has 27 heavy (non-hydrogen) atoms. The van der Waals surface area contributed by atoms with Gasteiger partial charge >= 0.3 is 5.97 Å². The zero-order valence-electron chi connectivity index (χ0n) is 15.3. The summed E-state index contributed by atoms with van der Waals surface area (Å²) in [6.07, 6.45) is 0.773. The molecule has 0 fully saturated rings. The van der Waals surface area contributed by atoms with Gasteiger partial charge in [-0.05, 0) is 50.1 Å². The first-order chi connectivity index (χ1) is 12.9. The lowest BCUT2D eigenvalue weighted by molar-refractivity contribution is 0.0527. The lowest BCUT2D eigenvalue weighted by Crippen LogP contribution is -2.23. The molecule has 6 nitrogen and oxygen atoms in total. The zero-order chi connectivity index (χ0) is 20.0. The maximum Gasteiger partial charge on any atom is 0.341 e. The molecule has 0 saturated carbocycles. The Balaban J connectivity index is 2.37. The normalized spacial score (nSPS) is 10.4. The first kappa shape index (κ1) is 20.6. The van der Waals surface area contributed by atoms with Crippen LogP contribution in [0.5, 0.6) is 0 Å². The largest absolute Gasteiger partial charge is 0.462 e. The molecule has 0 radical (unpaired) electrons. The second kappa shape index (κ2) is 9.27. The van der Waals surface area contributed by atoms with Crippen molar-refractivity contribution < 1.29 is 23.5 Å². The average molecular weight is 392 g/mol. The summed E-state index contributed by atoms with van der Waals surface area (Å²) in [5.74, 6) is -1.90. The monoisotopic (exact) mass is 392 g/mol. The first-order valence-corrected chi connectivity index (χ1v) is 9.36. The number of benzene rings is 1. The van der Waals surface area contributed by atoms with Crippen LogP contribution in [0, 0.1) is 12.7 Å². The number of hydrogen-bond acceptors (Lipinski definition) is 5. The van der Waals surface area contributed by atoms with Gasteiger partial charge in [0, 0.05) is 12.1 Å². The number of carbonyl (C=O) groups excluding carboxylic acids is 3. The van der Waals surface area contributed by atoms with Gasteiger partial charge in [0.1, 0.15) is 10.8 Å². The van der Waals surface area contributed by atoms with Crippen molar-refractivity contribution in [3.63, 3.8) is 0 Å². The molecule has 0 aliphatic heterocycles. The summed E-state index contributed by atoms with van der Waals surface area (Å²) in [6, 6.07) is 5.02. The highest BCUT2D eigenvalue weighted by molar-refractivity contribution is 7.18. The molecule has 1 aromatic heterocycles. The van der Waals surface area contributed by atoms with Crippen LogP contribution in [0.1, 0.15) is 56.2 Å². The van der Waals surface area contributed by atoms with E-state index in [1.54, 1.807) is 13.8 Å². The van der Waals surface area contributed by atoms with Crippen molar-refractivity contribution in [2.24, 2.45) is 0 Å². The highest BCUT2D eigenvalue weighted by Crippen LogP contribution is 2.34. The van der Waals surface area contributed by atoms with E-state index in [-0.39, 0.29) is 28.6 Å². The van der Waals surface area contributed by atoms with E-state index >= 15 is 0 Å². The molecule has 2 N–H and O–H groups in total. The number of esters is 1. The van der Waals surface area contributed by atoms with Crippen LogP contribution in [0.15, 0.2) is 24.3 Å². The van der Waals surface area contributed by atoms with Gasteiger partial charge in [0.15, 0.2) is 0 Å². The van der Waals surface area contributed by atoms with Gasteiger partial charge < -0.3 is 15.4 Å². The van der Waals surface area contributed by atoms with E-state index in [9.17, 15) is 18.8 Å². The molecule has 2 rings (SSSR count). The standard InChI is InChI=1S/C19H21FN2O4S/c1-4-10-21-17(24)15-11(3)14(19(25)26-5-2)18(27-15)22-16(23)12-6-8-13(20)9-7-12/h6-9H,4-5,10H2,1-3H3,(H,21,24)(H,22,23). The third-order valence-corrected chi connectivity index (χ3v) is 4.91. The van der Waals surface area contributed by atoms with Crippen LogP contribution in [0.25, 0.3) is 0 Å². The highest BCUT2D eigenvalue weighted by atomic mass is 32.1. The predicted octanol–water partition coefficient (Wildman–Crippen LogP) is 3.76. The summed E-state index contributed by atoms with van der Waals surface area (Å²) in [4.78, 5) is 37.5. The number of anilines is 1. The van der Waals surface area contributed by atoms with Gasteiger partial charge in [-0.25, -0.2) is 9.18 Å². The van der Waals surface area contributed by atoms with Crippen molar-refractivity contribution in [2.45, 2.75) is 27.2 Å². The molecule has 0 aliphatic rings. The minimum absolute atomic E-state index is 0.152. The molecule has 1 aromatic carbocycles. The van der Waals surface area contributed by atoms with Crippen molar-refractivity contribution in [3.8, 4) is 0 Å². The summed E-state index contributed by atoms with van der Waals surface area (Å²) in [5, 5.41) is 5.62. The summed E-state index contributed by atoms with van der Waals surface area (Å²) >= 11 is 1.01. The van der Waals surface area contributed by atoms with Gasteiger partial charge in [0.2, 0.25) is 0 Å². The van der Waals surface area contributed by atoms with Crippen LogP contribution in [0.2, 0.25) is 0 Å². The Morgan fingerprint density at radius 2 is 1.78 bits per heavy atom. The number of rotatable bonds is 7. The average Bonchev–Trinajstić information content (AvgIpc) is 2.96. The Hall–Kier alpha value is -2.74. The molecule has 0 unspecified atom stereocenters. The third kappa shape index (κ3) is 4.91. The fraction of sp³-hybridized carbons (Fsp3) is 0.316. The lowest BCUT2D eigenvalue weighted by Gasteiger charge is -2.07. The molecule has 8 heteroatoms. The number of carbonyl (C=O) groups is 3. The van der Waals surface area contributed by atoms with Gasteiger partial charge in [0.05, 0.1) is 17.0 Å². The summed E-state index contributed by atoms with van der Waals surface area (Å²) in [6.45, 7) is 5.90. The van der Waals surface area contributed by atoms with E-state index in [2.05, 4.69) is 10.6 Å². The van der Waals surface area contributed by atoms with Crippen molar-refractivity contribution in [1.29, 1.82) is 0 Å². The van der Waals surface area contributed by atoms with Crippen LogP contribution >= 0.6 is 11.3 Å². The van der Waals surface area contributed by atoms with Crippen LogP contribution in [0.3, 0.4) is 0 Å². The molecule has 0 aliphatic carbocycles. The SMILES string of the molecule is CCCNC(=O)c1sc(NC(=O)c2ccc(F)cc2)c(C(=O)OCC)c1C. The van der Waals surface area contributed by atoms with E-state index in [1.165, 1.54) is 24.3 Å². The smallest absolute Gasteiger partial charge is 0.341 e. The van der Waals surface area contributed by atoms with E-state index in [0.29, 0.717) is 17.0 Å². The van der Waals surface area contributed by atoms with Crippen molar-refractivity contribution >= 4 is 34.1 Å². The minimum Gasteiger partial charge on any atom is -0.462 e.